The lowest BCUT2D eigenvalue weighted by Crippen LogP contribution is -2.28. The molecule has 1 atom stereocenters. The molecule has 2 amide bonds. The molecule has 1 aliphatic heterocycles. The highest BCUT2D eigenvalue weighted by atomic mass is 35.5. The van der Waals surface area contributed by atoms with Gasteiger partial charge in [-0.2, -0.15) is 0 Å². The second-order valence-electron chi connectivity index (χ2n) is 6.52. The van der Waals surface area contributed by atoms with Crippen LogP contribution in [0.5, 0.6) is 0 Å². The van der Waals surface area contributed by atoms with Gasteiger partial charge in [0.2, 0.25) is 11.8 Å². The van der Waals surface area contributed by atoms with Gasteiger partial charge in [-0.1, -0.05) is 47.1 Å². The van der Waals surface area contributed by atoms with Gasteiger partial charge in [-0.3, -0.25) is 9.59 Å². The van der Waals surface area contributed by atoms with Crippen molar-refractivity contribution < 1.29 is 9.59 Å². The number of halogens is 1. The first-order chi connectivity index (χ1) is 12.8. The van der Waals surface area contributed by atoms with Crippen LogP contribution in [0, 0.1) is 20.8 Å². The zero-order valence-electron chi connectivity index (χ0n) is 15.3. The van der Waals surface area contributed by atoms with Crippen LogP contribution in [0.1, 0.15) is 23.1 Å². The zero-order valence-corrected chi connectivity index (χ0v) is 16.9. The molecule has 1 unspecified atom stereocenters. The summed E-state index contributed by atoms with van der Waals surface area (Å²) in [5.74, 6) is -0.415. The van der Waals surface area contributed by atoms with Crippen molar-refractivity contribution in [3.63, 3.8) is 0 Å². The van der Waals surface area contributed by atoms with E-state index in [0.717, 1.165) is 22.4 Å². The van der Waals surface area contributed by atoms with Crippen molar-refractivity contribution in [3.8, 4) is 0 Å². The minimum atomic E-state index is -0.504. The zero-order chi connectivity index (χ0) is 19.6. The number of amides is 2. The Morgan fingerprint density at radius 2 is 1.96 bits per heavy atom. The Hall–Kier alpha value is -2.31. The van der Waals surface area contributed by atoms with Crippen LogP contribution in [-0.2, 0) is 9.59 Å². The Morgan fingerprint density at radius 1 is 1.19 bits per heavy atom. The number of hydrogen-bond donors (Lipinski definition) is 2. The molecule has 0 bridgehead atoms. The number of aliphatic imine (C=N–C) groups is 1. The number of nitrogens with one attached hydrogen (secondary N) is 2. The van der Waals surface area contributed by atoms with E-state index < -0.39 is 5.25 Å². The number of amidine groups is 1. The number of hydrogen-bond acceptors (Lipinski definition) is 4. The maximum Gasteiger partial charge on any atom is 0.240 e. The Balaban J connectivity index is 1.64. The summed E-state index contributed by atoms with van der Waals surface area (Å²) in [6, 6.07) is 11.3. The number of carbonyl (C=O) groups excluding carboxylic acids is 2. The normalized spacial score (nSPS) is 17.9. The second kappa shape index (κ2) is 8.15. The third-order valence-corrected chi connectivity index (χ3v) is 5.68. The molecule has 1 saturated heterocycles. The van der Waals surface area contributed by atoms with Gasteiger partial charge in [-0.15, -0.1) is 0 Å². The fourth-order valence-corrected chi connectivity index (χ4v) is 3.85. The Labute approximate surface area is 167 Å². The largest absolute Gasteiger partial charge is 0.326 e. The monoisotopic (exact) mass is 401 g/mol. The lowest BCUT2D eigenvalue weighted by Gasteiger charge is -2.10. The molecule has 0 saturated carbocycles. The molecular weight excluding hydrogens is 382 g/mol. The summed E-state index contributed by atoms with van der Waals surface area (Å²) in [7, 11) is 0. The number of rotatable bonds is 4. The Morgan fingerprint density at radius 3 is 2.67 bits per heavy atom. The van der Waals surface area contributed by atoms with E-state index in [2.05, 4.69) is 15.6 Å². The molecule has 1 fully saturated rings. The number of aryl methyl sites for hydroxylation is 3. The Kier molecular flexibility index (Phi) is 5.87. The topological polar surface area (TPSA) is 70.6 Å². The van der Waals surface area contributed by atoms with E-state index in [1.807, 2.05) is 51.1 Å². The molecule has 2 aromatic rings. The first kappa shape index (κ1) is 19.5. The smallest absolute Gasteiger partial charge is 0.240 e. The van der Waals surface area contributed by atoms with Crippen LogP contribution < -0.4 is 10.6 Å². The molecular formula is C20H20ClN3O2S. The molecule has 2 N–H and O–H groups in total. The fourth-order valence-electron chi connectivity index (χ4n) is 2.68. The fraction of sp³-hybridized carbons (Fsp3) is 0.250. The van der Waals surface area contributed by atoms with Crippen molar-refractivity contribution in [1.82, 2.24) is 5.32 Å². The van der Waals surface area contributed by atoms with E-state index >= 15 is 0 Å². The molecule has 0 spiro atoms. The van der Waals surface area contributed by atoms with E-state index in [1.165, 1.54) is 11.8 Å². The van der Waals surface area contributed by atoms with E-state index in [4.69, 9.17) is 11.6 Å². The van der Waals surface area contributed by atoms with Gasteiger partial charge in [-0.05, 0) is 50.1 Å². The minimum absolute atomic E-state index is 0.0808. The van der Waals surface area contributed by atoms with Crippen LogP contribution in [0.3, 0.4) is 0 Å². The van der Waals surface area contributed by atoms with Crippen LogP contribution in [0.4, 0.5) is 11.4 Å². The van der Waals surface area contributed by atoms with Crippen LogP contribution in [0.2, 0.25) is 5.02 Å². The van der Waals surface area contributed by atoms with Crippen molar-refractivity contribution >= 4 is 51.7 Å². The van der Waals surface area contributed by atoms with Crippen LogP contribution in [0.25, 0.3) is 0 Å². The van der Waals surface area contributed by atoms with E-state index in [0.29, 0.717) is 15.9 Å². The van der Waals surface area contributed by atoms with Crippen molar-refractivity contribution in [1.29, 1.82) is 0 Å². The van der Waals surface area contributed by atoms with Crippen LogP contribution in [-0.4, -0.2) is 22.2 Å². The number of benzene rings is 2. The summed E-state index contributed by atoms with van der Waals surface area (Å²) in [6.45, 7) is 5.85. The van der Waals surface area contributed by atoms with Crippen LogP contribution >= 0.6 is 23.4 Å². The SMILES string of the molecule is Cc1ccc(NC(=O)CC2SC(=Nc3ccc(C)c(Cl)c3)NC2=O)c(C)c1. The number of nitrogens with zero attached hydrogens (tertiary/aromatic N) is 1. The summed E-state index contributed by atoms with van der Waals surface area (Å²) >= 11 is 7.36. The molecule has 27 heavy (non-hydrogen) atoms. The van der Waals surface area contributed by atoms with Crippen molar-refractivity contribution in [2.24, 2.45) is 4.99 Å². The highest BCUT2D eigenvalue weighted by Crippen LogP contribution is 2.28. The first-order valence-corrected chi connectivity index (χ1v) is 9.77. The van der Waals surface area contributed by atoms with E-state index in [9.17, 15) is 9.59 Å². The van der Waals surface area contributed by atoms with Gasteiger partial charge in [0.1, 0.15) is 5.25 Å². The Bertz CT molecular complexity index is 943. The molecule has 140 valence electrons. The average Bonchev–Trinajstić information content (AvgIpc) is 2.93. The average molecular weight is 402 g/mol. The number of anilines is 1. The predicted molar refractivity (Wildman–Crippen MR) is 112 cm³/mol. The van der Waals surface area contributed by atoms with Gasteiger partial charge in [0.25, 0.3) is 0 Å². The molecule has 5 nitrogen and oxygen atoms in total. The summed E-state index contributed by atoms with van der Waals surface area (Å²) < 4.78 is 0. The number of carbonyl (C=O) groups is 2. The van der Waals surface area contributed by atoms with Crippen molar-refractivity contribution in [3.05, 3.63) is 58.1 Å². The van der Waals surface area contributed by atoms with E-state index in [1.54, 1.807) is 6.07 Å². The van der Waals surface area contributed by atoms with E-state index in [-0.39, 0.29) is 18.2 Å². The van der Waals surface area contributed by atoms with Gasteiger partial charge < -0.3 is 10.6 Å². The lowest BCUT2D eigenvalue weighted by molar-refractivity contribution is -0.122. The summed E-state index contributed by atoms with van der Waals surface area (Å²) in [6.07, 6.45) is 0.0808. The standard InChI is InChI=1S/C20H20ClN3O2S/c1-11-4-7-16(13(3)8-11)23-18(25)10-17-19(26)24-20(27-17)22-14-6-5-12(2)15(21)9-14/h4-9,17H,10H2,1-3H3,(H,23,25)(H,22,24,26). The van der Waals surface area contributed by atoms with Gasteiger partial charge >= 0.3 is 0 Å². The van der Waals surface area contributed by atoms with Gasteiger partial charge in [0, 0.05) is 17.1 Å². The minimum Gasteiger partial charge on any atom is -0.326 e. The predicted octanol–water partition coefficient (Wildman–Crippen LogP) is 4.51. The van der Waals surface area contributed by atoms with Gasteiger partial charge in [-0.25, -0.2) is 4.99 Å². The van der Waals surface area contributed by atoms with Crippen molar-refractivity contribution in [2.75, 3.05) is 5.32 Å². The van der Waals surface area contributed by atoms with Gasteiger partial charge in [0.05, 0.1) is 5.69 Å². The summed E-state index contributed by atoms with van der Waals surface area (Å²) in [5, 5.41) is 6.19. The summed E-state index contributed by atoms with van der Waals surface area (Å²) in [4.78, 5) is 28.9. The first-order valence-electron chi connectivity index (χ1n) is 8.51. The van der Waals surface area contributed by atoms with Crippen molar-refractivity contribution in [2.45, 2.75) is 32.4 Å². The third kappa shape index (κ3) is 4.90. The highest BCUT2D eigenvalue weighted by molar-refractivity contribution is 8.15. The van der Waals surface area contributed by atoms with Crippen LogP contribution in [0.15, 0.2) is 41.4 Å². The number of thioether (sulfide) groups is 1. The second-order valence-corrected chi connectivity index (χ2v) is 8.12. The summed E-state index contributed by atoms with van der Waals surface area (Å²) in [5.41, 5.74) is 4.51. The molecule has 7 heteroatoms. The maximum atomic E-state index is 12.3. The quantitative estimate of drug-likeness (QED) is 0.791. The molecule has 0 aliphatic carbocycles. The molecule has 1 aliphatic rings. The molecule has 3 rings (SSSR count). The molecule has 0 radical (unpaired) electrons. The third-order valence-electron chi connectivity index (χ3n) is 4.19. The maximum absolute atomic E-state index is 12.3. The highest BCUT2D eigenvalue weighted by Gasteiger charge is 2.32. The molecule has 2 aromatic carbocycles. The lowest BCUT2D eigenvalue weighted by atomic mass is 10.1. The van der Waals surface area contributed by atoms with Gasteiger partial charge in [0.15, 0.2) is 5.17 Å². The molecule has 1 heterocycles. The molecule has 0 aromatic heterocycles.